The molecular formula is C20H28N4O3S. The number of hydrogen-bond donors (Lipinski definition) is 2. The first-order valence-corrected chi connectivity index (χ1v) is 10.7. The second-order valence-corrected chi connectivity index (χ2v) is 8.72. The number of aryl methyl sites for hydroxylation is 2. The van der Waals surface area contributed by atoms with Gasteiger partial charge in [0.2, 0.25) is 5.91 Å². The summed E-state index contributed by atoms with van der Waals surface area (Å²) >= 11 is 1.67. The summed E-state index contributed by atoms with van der Waals surface area (Å²) in [7, 11) is 0. The number of rotatable bonds is 7. The molecule has 3 N–H and O–H groups in total. The fraction of sp³-hybridized carbons (Fsp3) is 0.600. The number of hydrogen-bond acceptors (Lipinski definition) is 7. The van der Waals surface area contributed by atoms with Crippen LogP contribution in [0.2, 0.25) is 0 Å². The number of nitrogens with zero attached hydrogens (tertiary/aromatic N) is 2. The van der Waals surface area contributed by atoms with Crippen molar-refractivity contribution in [1.29, 1.82) is 0 Å². The van der Waals surface area contributed by atoms with Crippen molar-refractivity contribution in [2.24, 2.45) is 5.92 Å². The third-order valence-electron chi connectivity index (χ3n) is 4.88. The van der Waals surface area contributed by atoms with E-state index < -0.39 is 5.97 Å². The zero-order valence-corrected chi connectivity index (χ0v) is 17.4. The number of fused-ring (bicyclic) bond motifs is 3. The van der Waals surface area contributed by atoms with Crippen LogP contribution in [0.4, 0.5) is 5.82 Å². The third-order valence-corrected chi connectivity index (χ3v) is 6.07. The zero-order valence-electron chi connectivity index (χ0n) is 16.5. The number of esters is 1. The lowest BCUT2D eigenvalue weighted by molar-refractivity contribution is -0.145. The van der Waals surface area contributed by atoms with Gasteiger partial charge in [-0.3, -0.25) is 9.59 Å². The minimum absolute atomic E-state index is 0.0522. The maximum absolute atomic E-state index is 11.9. The van der Waals surface area contributed by atoms with Crippen molar-refractivity contribution >= 4 is 39.2 Å². The second kappa shape index (κ2) is 9.32. The van der Waals surface area contributed by atoms with Gasteiger partial charge in [-0.05, 0) is 43.6 Å². The quantitative estimate of drug-likeness (QED) is 0.542. The van der Waals surface area contributed by atoms with Crippen LogP contribution in [-0.2, 0) is 33.8 Å². The third kappa shape index (κ3) is 5.19. The van der Waals surface area contributed by atoms with E-state index in [2.05, 4.69) is 29.1 Å². The molecule has 0 atom stereocenters. The summed E-state index contributed by atoms with van der Waals surface area (Å²) in [5.74, 6) is 0.635. The Morgan fingerprint density at radius 1 is 1.21 bits per heavy atom. The molecule has 7 nitrogen and oxygen atoms in total. The molecule has 0 saturated carbocycles. The van der Waals surface area contributed by atoms with E-state index in [-0.39, 0.29) is 19.1 Å². The van der Waals surface area contributed by atoms with Gasteiger partial charge in [0, 0.05) is 11.3 Å². The average molecular weight is 405 g/mol. The van der Waals surface area contributed by atoms with E-state index in [4.69, 9.17) is 10.5 Å². The van der Waals surface area contributed by atoms with Gasteiger partial charge in [0.25, 0.3) is 0 Å². The molecule has 2 heterocycles. The SMILES string of the molecule is CC(C)CCC(=O)NCC(=O)OCc1nc(N)c2c3c(sc2n1)CCCCC3. The zero-order chi connectivity index (χ0) is 20.1. The predicted molar refractivity (Wildman–Crippen MR) is 110 cm³/mol. The van der Waals surface area contributed by atoms with E-state index in [1.54, 1.807) is 11.3 Å². The van der Waals surface area contributed by atoms with Gasteiger partial charge in [-0.1, -0.05) is 20.3 Å². The van der Waals surface area contributed by atoms with E-state index in [0.29, 0.717) is 24.0 Å². The summed E-state index contributed by atoms with van der Waals surface area (Å²) in [6, 6.07) is 0. The standard InChI is InChI=1S/C20H28N4O3S/c1-12(2)8-9-16(25)22-10-17(26)27-11-15-23-19(21)18-13-6-4-3-5-7-14(13)28-20(18)24-15/h12H,3-11H2,1-2H3,(H,22,25)(H2,21,23,24). The van der Waals surface area contributed by atoms with Crippen LogP contribution >= 0.6 is 11.3 Å². The Labute approximate surface area is 169 Å². The molecule has 1 amide bonds. The number of ether oxygens (including phenoxy) is 1. The lowest BCUT2D eigenvalue weighted by Crippen LogP contribution is -2.30. The number of carbonyl (C=O) groups excluding carboxylic acids is 2. The summed E-state index contributed by atoms with van der Waals surface area (Å²) in [4.78, 5) is 34.7. The van der Waals surface area contributed by atoms with Crippen LogP contribution in [0.5, 0.6) is 0 Å². The van der Waals surface area contributed by atoms with Crippen LogP contribution in [0.3, 0.4) is 0 Å². The summed E-state index contributed by atoms with van der Waals surface area (Å²) in [6.07, 6.45) is 6.89. The summed E-state index contributed by atoms with van der Waals surface area (Å²) in [5, 5.41) is 3.54. The van der Waals surface area contributed by atoms with Gasteiger partial charge >= 0.3 is 5.97 Å². The van der Waals surface area contributed by atoms with Gasteiger partial charge in [-0.25, -0.2) is 9.97 Å². The van der Waals surface area contributed by atoms with Gasteiger partial charge in [0.1, 0.15) is 17.2 Å². The molecule has 8 heteroatoms. The molecular weight excluding hydrogens is 376 g/mol. The van der Waals surface area contributed by atoms with Gasteiger partial charge < -0.3 is 15.8 Å². The predicted octanol–water partition coefficient (Wildman–Crippen LogP) is 3.14. The number of thiophene rings is 1. The minimum Gasteiger partial charge on any atom is -0.456 e. The number of nitrogens with one attached hydrogen (secondary N) is 1. The molecule has 28 heavy (non-hydrogen) atoms. The molecule has 0 aromatic carbocycles. The van der Waals surface area contributed by atoms with E-state index in [1.165, 1.54) is 29.7 Å². The molecule has 0 radical (unpaired) electrons. The normalized spacial score (nSPS) is 14.0. The number of carbonyl (C=O) groups is 2. The van der Waals surface area contributed by atoms with Gasteiger partial charge in [0.05, 0.1) is 5.39 Å². The summed E-state index contributed by atoms with van der Waals surface area (Å²) in [5.41, 5.74) is 7.49. The number of amides is 1. The maximum Gasteiger partial charge on any atom is 0.325 e. The molecule has 0 saturated heterocycles. The molecule has 0 fully saturated rings. The first-order chi connectivity index (χ1) is 13.4. The van der Waals surface area contributed by atoms with E-state index in [1.807, 2.05) is 0 Å². The molecule has 0 bridgehead atoms. The number of nitrogens with two attached hydrogens (primary N) is 1. The van der Waals surface area contributed by atoms with E-state index in [9.17, 15) is 9.59 Å². The van der Waals surface area contributed by atoms with Crippen LogP contribution in [-0.4, -0.2) is 28.4 Å². The fourth-order valence-corrected chi connectivity index (χ4v) is 4.64. The Hall–Kier alpha value is -2.22. The van der Waals surface area contributed by atoms with Crippen molar-refractivity contribution in [3.05, 3.63) is 16.3 Å². The molecule has 152 valence electrons. The van der Waals surface area contributed by atoms with Crippen LogP contribution < -0.4 is 11.1 Å². The average Bonchev–Trinajstić information content (AvgIpc) is 2.85. The molecule has 2 aromatic heterocycles. The number of aromatic nitrogens is 2. The molecule has 0 unspecified atom stereocenters. The Bertz CT molecular complexity index is 863. The van der Waals surface area contributed by atoms with Gasteiger partial charge in [-0.15, -0.1) is 11.3 Å². The highest BCUT2D eigenvalue weighted by Crippen LogP contribution is 2.37. The maximum atomic E-state index is 11.9. The fourth-order valence-electron chi connectivity index (χ4n) is 3.35. The molecule has 0 spiro atoms. The Balaban J connectivity index is 1.57. The Morgan fingerprint density at radius 2 is 2.00 bits per heavy atom. The first-order valence-electron chi connectivity index (χ1n) is 9.93. The van der Waals surface area contributed by atoms with E-state index in [0.717, 1.165) is 29.5 Å². The summed E-state index contributed by atoms with van der Waals surface area (Å²) in [6.45, 7) is 3.90. The van der Waals surface area contributed by atoms with Crippen molar-refractivity contribution in [3.8, 4) is 0 Å². The monoisotopic (exact) mass is 404 g/mol. The van der Waals surface area contributed by atoms with Crippen LogP contribution in [0.15, 0.2) is 0 Å². The van der Waals surface area contributed by atoms with Crippen LogP contribution in [0, 0.1) is 5.92 Å². The Morgan fingerprint density at radius 3 is 2.79 bits per heavy atom. The minimum atomic E-state index is -0.512. The number of nitrogen functional groups attached to an aromatic ring is 1. The molecule has 2 aromatic rings. The van der Waals surface area contributed by atoms with Crippen LogP contribution in [0.25, 0.3) is 10.2 Å². The molecule has 0 aliphatic heterocycles. The smallest absolute Gasteiger partial charge is 0.325 e. The highest BCUT2D eigenvalue weighted by atomic mass is 32.1. The number of anilines is 1. The van der Waals surface area contributed by atoms with Crippen molar-refractivity contribution in [1.82, 2.24) is 15.3 Å². The van der Waals surface area contributed by atoms with E-state index >= 15 is 0 Å². The van der Waals surface area contributed by atoms with Crippen LogP contribution in [0.1, 0.15) is 62.2 Å². The topological polar surface area (TPSA) is 107 Å². The molecule has 3 rings (SSSR count). The van der Waals surface area contributed by atoms with Crippen molar-refractivity contribution < 1.29 is 14.3 Å². The highest BCUT2D eigenvalue weighted by molar-refractivity contribution is 7.19. The first kappa shape index (κ1) is 20.5. The lowest BCUT2D eigenvalue weighted by Gasteiger charge is -2.08. The molecule has 1 aliphatic carbocycles. The van der Waals surface area contributed by atoms with Gasteiger partial charge in [0.15, 0.2) is 12.4 Å². The highest BCUT2D eigenvalue weighted by Gasteiger charge is 2.19. The second-order valence-electron chi connectivity index (χ2n) is 7.64. The van der Waals surface area contributed by atoms with Gasteiger partial charge in [-0.2, -0.15) is 0 Å². The largest absolute Gasteiger partial charge is 0.456 e. The lowest BCUT2D eigenvalue weighted by atomic mass is 10.1. The summed E-state index contributed by atoms with van der Waals surface area (Å²) < 4.78 is 5.20. The van der Waals surface area contributed by atoms with Crippen molar-refractivity contribution in [3.63, 3.8) is 0 Å². The molecule has 1 aliphatic rings. The van der Waals surface area contributed by atoms with Crippen molar-refractivity contribution in [2.75, 3.05) is 12.3 Å². The van der Waals surface area contributed by atoms with Crippen molar-refractivity contribution in [2.45, 2.75) is 65.4 Å². The Kier molecular flexibility index (Phi) is 6.83.